The van der Waals surface area contributed by atoms with Crippen LogP contribution in [0.15, 0.2) is 0 Å². The zero-order valence-corrected chi connectivity index (χ0v) is 11.6. The molecule has 0 radical (unpaired) electrons. The lowest BCUT2D eigenvalue weighted by atomic mass is 10.00. The Balaban J connectivity index is 1.98. The van der Waals surface area contributed by atoms with Gasteiger partial charge in [0.2, 0.25) is 0 Å². The third kappa shape index (κ3) is 3.00. The molecular weight excluding hydrogens is 246 g/mol. The molecule has 2 saturated heterocycles. The molecule has 3 atom stereocenters. The summed E-state index contributed by atoms with van der Waals surface area (Å²) >= 11 is 0. The van der Waals surface area contributed by atoms with E-state index < -0.39 is 12.0 Å². The third-order valence-electron chi connectivity index (χ3n) is 4.22. The normalized spacial score (nSPS) is 32.3. The molecule has 0 bridgehead atoms. The highest BCUT2D eigenvalue weighted by Crippen LogP contribution is 2.22. The first kappa shape index (κ1) is 14.1. The SMILES string of the molecule is CC1CCCC(C)N1NC(=O)N1CCC[C@H]1C(=O)O. The Hall–Kier alpha value is -1.30. The lowest BCUT2D eigenvalue weighted by molar-refractivity contribution is -0.141. The lowest BCUT2D eigenvalue weighted by Crippen LogP contribution is -2.58. The van der Waals surface area contributed by atoms with Gasteiger partial charge in [-0.3, -0.25) is 5.43 Å². The topological polar surface area (TPSA) is 72.9 Å². The fraction of sp³-hybridized carbons (Fsp3) is 0.846. The van der Waals surface area contributed by atoms with E-state index in [1.165, 1.54) is 11.3 Å². The minimum atomic E-state index is -0.910. The zero-order valence-electron chi connectivity index (χ0n) is 11.6. The molecule has 2 N–H and O–H groups in total. The van der Waals surface area contributed by atoms with Crippen molar-refractivity contribution in [2.24, 2.45) is 0 Å². The lowest BCUT2D eigenvalue weighted by Gasteiger charge is -2.39. The van der Waals surface area contributed by atoms with Gasteiger partial charge in [-0.15, -0.1) is 0 Å². The molecule has 2 amide bonds. The summed E-state index contributed by atoms with van der Waals surface area (Å²) in [5.74, 6) is -0.910. The van der Waals surface area contributed by atoms with E-state index in [2.05, 4.69) is 19.3 Å². The maximum absolute atomic E-state index is 12.2. The van der Waals surface area contributed by atoms with E-state index >= 15 is 0 Å². The molecule has 2 unspecified atom stereocenters. The maximum atomic E-state index is 12.2. The number of rotatable bonds is 2. The molecule has 19 heavy (non-hydrogen) atoms. The quantitative estimate of drug-likeness (QED) is 0.795. The molecule has 6 nitrogen and oxygen atoms in total. The molecule has 0 aromatic rings. The standard InChI is InChI=1S/C13H23N3O3/c1-9-5-3-6-10(2)16(9)14-13(19)15-8-4-7-11(15)12(17)18/h9-11H,3-8H2,1-2H3,(H,14,19)(H,17,18)/t9?,10?,11-/m0/s1. The van der Waals surface area contributed by atoms with Crippen LogP contribution in [0, 0.1) is 0 Å². The van der Waals surface area contributed by atoms with Crippen molar-refractivity contribution in [2.45, 2.75) is 64.1 Å². The molecule has 0 aliphatic carbocycles. The van der Waals surface area contributed by atoms with Crippen LogP contribution in [-0.4, -0.2) is 51.7 Å². The van der Waals surface area contributed by atoms with Gasteiger partial charge in [-0.1, -0.05) is 6.42 Å². The number of hydrazine groups is 1. The van der Waals surface area contributed by atoms with Crippen LogP contribution in [0.4, 0.5) is 4.79 Å². The zero-order chi connectivity index (χ0) is 14.0. The molecule has 2 aliphatic heterocycles. The van der Waals surface area contributed by atoms with Crippen molar-refractivity contribution < 1.29 is 14.7 Å². The Morgan fingerprint density at radius 2 is 1.74 bits per heavy atom. The third-order valence-corrected chi connectivity index (χ3v) is 4.22. The van der Waals surface area contributed by atoms with Gasteiger partial charge in [-0.05, 0) is 39.5 Å². The predicted molar refractivity (Wildman–Crippen MR) is 70.5 cm³/mol. The van der Waals surface area contributed by atoms with Crippen molar-refractivity contribution in [3.05, 3.63) is 0 Å². The number of carboxylic acid groups (broad SMARTS) is 1. The predicted octanol–water partition coefficient (Wildman–Crippen LogP) is 1.42. The number of amides is 2. The highest BCUT2D eigenvalue weighted by atomic mass is 16.4. The number of nitrogens with one attached hydrogen (secondary N) is 1. The number of hydrogen-bond donors (Lipinski definition) is 2. The molecule has 0 spiro atoms. The van der Waals surface area contributed by atoms with Gasteiger partial charge in [0.05, 0.1) is 0 Å². The smallest absolute Gasteiger partial charge is 0.332 e. The van der Waals surface area contributed by atoms with Crippen molar-refractivity contribution in [3.63, 3.8) is 0 Å². The Morgan fingerprint density at radius 3 is 2.32 bits per heavy atom. The van der Waals surface area contributed by atoms with E-state index in [4.69, 9.17) is 5.11 Å². The van der Waals surface area contributed by atoms with Gasteiger partial charge in [0, 0.05) is 18.6 Å². The van der Waals surface area contributed by atoms with Crippen molar-refractivity contribution in [2.75, 3.05) is 6.54 Å². The van der Waals surface area contributed by atoms with E-state index in [9.17, 15) is 9.59 Å². The Morgan fingerprint density at radius 1 is 1.11 bits per heavy atom. The van der Waals surface area contributed by atoms with Crippen molar-refractivity contribution in [3.8, 4) is 0 Å². The Bertz CT molecular complexity index is 351. The van der Waals surface area contributed by atoms with Crippen LogP contribution in [0.1, 0.15) is 46.0 Å². The van der Waals surface area contributed by atoms with E-state index in [0.717, 1.165) is 19.3 Å². The molecule has 0 aromatic heterocycles. The molecule has 2 heterocycles. The number of piperidine rings is 1. The minimum absolute atomic E-state index is 0.273. The van der Waals surface area contributed by atoms with Crippen molar-refractivity contribution in [1.29, 1.82) is 0 Å². The highest BCUT2D eigenvalue weighted by molar-refractivity contribution is 5.83. The first-order chi connectivity index (χ1) is 9.00. The van der Waals surface area contributed by atoms with Crippen LogP contribution in [0.25, 0.3) is 0 Å². The Labute approximate surface area is 113 Å². The van der Waals surface area contributed by atoms with Gasteiger partial charge < -0.3 is 10.0 Å². The van der Waals surface area contributed by atoms with Crippen LogP contribution in [-0.2, 0) is 4.79 Å². The highest BCUT2D eigenvalue weighted by Gasteiger charge is 2.36. The van der Waals surface area contributed by atoms with E-state index in [1.54, 1.807) is 0 Å². The second kappa shape index (κ2) is 5.77. The van der Waals surface area contributed by atoms with E-state index in [-0.39, 0.29) is 6.03 Å². The van der Waals surface area contributed by atoms with E-state index in [1.807, 2.05) is 5.01 Å². The van der Waals surface area contributed by atoms with Crippen LogP contribution in [0.2, 0.25) is 0 Å². The largest absolute Gasteiger partial charge is 0.480 e. The average molecular weight is 269 g/mol. The summed E-state index contributed by atoms with van der Waals surface area (Å²) in [5.41, 5.74) is 2.90. The number of nitrogens with zero attached hydrogens (tertiary/aromatic N) is 2. The summed E-state index contributed by atoms with van der Waals surface area (Å²) in [7, 11) is 0. The summed E-state index contributed by atoms with van der Waals surface area (Å²) in [6, 6.07) is -0.335. The summed E-state index contributed by atoms with van der Waals surface area (Å²) in [5, 5.41) is 11.1. The number of likely N-dealkylation sites (tertiary alicyclic amines) is 1. The van der Waals surface area contributed by atoms with Crippen molar-refractivity contribution >= 4 is 12.0 Å². The molecule has 2 fully saturated rings. The fourth-order valence-corrected chi connectivity index (χ4v) is 3.08. The van der Waals surface area contributed by atoms with Gasteiger partial charge in [-0.2, -0.15) is 0 Å². The number of carbonyl (C=O) groups is 2. The van der Waals surface area contributed by atoms with Gasteiger partial charge >= 0.3 is 12.0 Å². The number of carbonyl (C=O) groups excluding carboxylic acids is 1. The van der Waals surface area contributed by atoms with Gasteiger partial charge in [0.15, 0.2) is 0 Å². The summed E-state index contributed by atoms with van der Waals surface area (Å²) in [4.78, 5) is 24.8. The van der Waals surface area contributed by atoms with Gasteiger partial charge in [-0.25, -0.2) is 14.6 Å². The van der Waals surface area contributed by atoms with Crippen LogP contribution < -0.4 is 5.43 Å². The summed E-state index contributed by atoms with van der Waals surface area (Å²) in [6.07, 6.45) is 4.61. The average Bonchev–Trinajstić information content (AvgIpc) is 2.83. The van der Waals surface area contributed by atoms with Crippen LogP contribution >= 0.6 is 0 Å². The summed E-state index contributed by atoms with van der Waals surface area (Å²) in [6.45, 7) is 4.71. The van der Waals surface area contributed by atoms with Crippen molar-refractivity contribution in [1.82, 2.24) is 15.3 Å². The first-order valence-corrected chi connectivity index (χ1v) is 7.09. The molecule has 2 aliphatic rings. The van der Waals surface area contributed by atoms with Crippen LogP contribution in [0.5, 0.6) is 0 Å². The first-order valence-electron chi connectivity index (χ1n) is 7.09. The second-order valence-corrected chi connectivity index (χ2v) is 5.64. The molecule has 108 valence electrons. The monoisotopic (exact) mass is 269 g/mol. The number of urea groups is 1. The summed E-state index contributed by atoms with van der Waals surface area (Å²) < 4.78 is 0. The molecule has 0 saturated carbocycles. The minimum Gasteiger partial charge on any atom is -0.480 e. The molecule has 2 rings (SSSR count). The molecule has 0 aromatic carbocycles. The second-order valence-electron chi connectivity index (χ2n) is 5.64. The number of hydrogen-bond acceptors (Lipinski definition) is 3. The van der Waals surface area contributed by atoms with Crippen LogP contribution in [0.3, 0.4) is 0 Å². The van der Waals surface area contributed by atoms with Gasteiger partial charge in [0.25, 0.3) is 0 Å². The Kier molecular flexibility index (Phi) is 4.29. The maximum Gasteiger partial charge on any atom is 0.332 e. The molecule has 6 heteroatoms. The van der Waals surface area contributed by atoms with Gasteiger partial charge in [0.1, 0.15) is 6.04 Å². The fourth-order valence-electron chi connectivity index (χ4n) is 3.08. The van der Waals surface area contributed by atoms with E-state index in [0.29, 0.717) is 25.0 Å². The number of aliphatic carboxylic acids is 1. The molecular formula is C13H23N3O3. The number of carboxylic acids is 1.